The number of carbonyl (C=O) groups is 2. The summed E-state index contributed by atoms with van der Waals surface area (Å²) in [5.74, 6) is -0.173. The highest BCUT2D eigenvalue weighted by Gasteiger charge is 2.24. The fourth-order valence-electron chi connectivity index (χ4n) is 3.30. The second-order valence-corrected chi connectivity index (χ2v) is 10.6. The van der Waals surface area contributed by atoms with Crippen LogP contribution in [0.25, 0.3) is 0 Å². The van der Waals surface area contributed by atoms with E-state index in [9.17, 15) is 18.0 Å². The van der Waals surface area contributed by atoms with Gasteiger partial charge in [0.2, 0.25) is 0 Å². The van der Waals surface area contributed by atoms with Crippen LogP contribution < -0.4 is 5.32 Å². The van der Waals surface area contributed by atoms with Gasteiger partial charge in [0, 0.05) is 42.5 Å². The van der Waals surface area contributed by atoms with Crippen LogP contribution in [-0.2, 0) is 9.84 Å². The third kappa shape index (κ3) is 5.57. The lowest BCUT2D eigenvalue weighted by atomic mass is 10.2. The molecule has 0 unspecified atom stereocenters. The van der Waals surface area contributed by atoms with Gasteiger partial charge in [-0.25, -0.2) is 13.2 Å². The van der Waals surface area contributed by atoms with E-state index >= 15 is 0 Å². The average Bonchev–Trinajstić information content (AvgIpc) is 3.01. The number of anilines is 1. The molecule has 0 aliphatic carbocycles. The molecule has 0 saturated carbocycles. The van der Waals surface area contributed by atoms with Gasteiger partial charge in [-0.05, 0) is 68.8 Å². The molecule has 0 radical (unpaired) electrons. The second-order valence-electron chi connectivity index (χ2n) is 7.69. The summed E-state index contributed by atoms with van der Waals surface area (Å²) in [5.41, 5.74) is 1.09. The maximum atomic E-state index is 12.9. The first-order valence-electron chi connectivity index (χ1n) is 10.1. The lowest BCUT2D eigenvalue weighted by Gasteiger charge is -2.22. The summed E-state index contributed by atoms with van der Waals surface area (Å²) in [7, 11) is -3.38. The Kier molecular flexibility index (Phi) is 7.23. The molecule has 1 fully saturated rings. The van der Waals surface area contributed by atoms with Crippen LogP contribution in [0.2, 0.25) is 5.02 Å². The Balaban J connectivity index is 1.61. The summed E-state index contributed by atoms with van der Waals surface area (Å²) >= 11 is 5.87. The van der Waals surface area contributed by atoms with Gasteiger partial charge < -0.3 is 15.1 Å². The molecule has 1 heterocycles. The predicted molar refractivity (Wildman–Crippen MR) is 121 cm³/mol. The zero-order valence-electron chi connectivity index (χ0n) is 17.5. The number of rotatable bonds is 4. The largest absolute Gasteiger partial charge is 0.337 e. The van der Waals surface area contributed by atoms with Crippen LogP contribution in [0.4, 0.5) is 10.5 Å². The molecule has 3 amide bonds. The van der Waals surface area contributed by atoms with E-state index in [-0.39, 0.29) is 16.8 Å². The number of nitrogens with zero attached hydrogens (tertiary/aromatic N) is 2. The summed E-state index contributed by atoms with van der Waals surface area (Å²) in [6, 6.07) is 12.7. The van der Waals surface area contributed by atoms with E-state index in [2.05, 4.69) is 5.32 Å². The lowest BCUT2D eigenvalue weighted by molar-refractivity contribution is 0.0762. The van der Waals surface area contributed by atoms with Crippen molar-refractivity contribution in [2.75, 3.05) is 31.5 Å². The fourth-order valence-corrected chi connectivity index (χ4v) is 4.49. The third-order valence-corrected chi connectivity index (χ3v) is 7.64. The first-order chi connectivity index (χ1) is 14.7. The van der Waals surface area contributed by atoms with Crippen LogP contribution in [0.1, 0.15) is 30.6 Å². The molecule has 1 aliphatic rings. The fraction of sp³-hybridized carbons (Fsp3) is 0.364. The van der Waals surface area contributed by atoms with Crippen LogP contribution >= 0.6 is 11.6 Å². The van der Waals surface area contributed by atoms with Gasteiger partial charge >= 0.3 is 6.03 Å². The third-order valence-electron chi connectivity index (χ3n) is 5.22. The molecule has 0 aromatic heterocycles. The zero-order valence-corrected chi connectivity index (χ0v) is 19.1. The highest BCUT2D eigenvalue weighted by atomic mass is 35.5. The monoisotopic (exact) mass is 463 g/mol. The molecular formula is C22H26ClN3O4S. The molecule has 0 atom stereocenters. The van der Waals surface area contributed by atoms with Crippen molar-refractivity contribution in [1.29, 1.82) is 0 Å². The first-order valence-corrected chi connectivity index (χ1v) is 12.1. The molecule has 1 saturated heterocycles. The van der Waals surface area contributed by atoms with Crippen LogP contribution in [0.15, 0.2) is 53.4 Å². The second kappa shape index (κ2) is 9.70. The predicted octanol–water partition coefficient (Wildman–Crippen LogP) is 3.90. The minimum atomic E-state index is -3.38. The van der Waals surface area contributed by atoms with Crippen LogP contribution in [0.3, 0.4) is 0 Å². The molecule has 0 bridgehead atoms. The van der Waals surface area contributed by atoms with Crippen LogP contribution in [-0.4, -0.2) is 61.6 Å². The molecular weight excluding hydrogens is 438 g/mol. The number of nitrogens with one attached hydrogen (secondary N) is 1. The van der Waals surface area contributed by atoms with Gasteiger partial charge in [-0.1, -0.05) is 11.6 Å². The number of carbonyl (C=O) groups excluding carboxylic acids is 2. The van der Waals surface area contributed by atoms with E-state index < -0.39 is 15.1 Å². The van der Waals surface area contributed by atoms with E-state index in [1.807, 2.05) is 0 Å². The number of halogens is 1. The van der Waals surface area contributed by atoms with E-state index in [0.29, 0.717) is 48.9 Å². The van der Waals surface area contributed by atoms with Gasteiger partial charge in [-0.3, -0.25) is 4.79 Å². The topological polar surface area (TPSA) is 86.8 Å². The number of amides is 3. The Morgan fingerprint density at radius 1 is 0.903 bits per heavy atom. The summed E-state index contributed by atoms with van der Waals surface area (Å²) < 4.78 is 24.5. The lowest BCUT2D eigenvalue weighted by Crippen LogP contribution is -2.39. The van der Waals surface area contributed by atoms with Crippen molar-refractivity contribution in [3.8, 4) is 0 Å². The average molecular weight is 464 g/mol. The number of hydrogen-bond acceptors (Lipinski definition) is 4. The van der Waals surface area contributed by atoms with Crippen LogP contribution in [0.5, 0.6) is 0 Å². The van der Waals surface area contributed by atoms with Crippen molar-refractivity contribution in [3.63, 3.8) is 0 Å². The smallest absolute Gasteiger partial charge is 0.321 e. The minimum absolute atomic E-state index is 0.173. The molecule has 166 valence electrons. The standard InChI is InChI=1S/C22H26ClN3O4S/c1-16(2)31(29,30)20-10-4-17(5-11-20)21(27)25-12-3-13-26(15-14-25)22(28)24-19-8-6-18(23)7-9-19/h4-11,16H,3,12-15H2,1-2H3,(H,24,28). The zero-order chi connectivity index (χ0) is 22.6. The molecule has 1 N–H and O–H groups in total. The Labute approximate surface area is 187 Å². The highest BCUT2D eigenvalue weighted by Crippen LogP contribution is 2.18. The minimum Gasteiger partial charge on any atom is -0.337 e. The molecule has 3 rings (SSSR count). The van der Waals surface area contributed by atoms with Gasteiger partial charge in [0.05, 0.1) is 10.1 Å². The van der Waals surface area contributed by atoms with E-state index in [1.54, 1.807) is 60.0 Å². The normalized spacial score (nSPS) is 15.0. The van der Waals surface area contributed by atoms with Gasteiger partial charge in [-0.15, -0.1) is 0 Å². The maximum absolute atomic E-state index is 12.9. The van der Waals surface area contributed by atoms with Crippen molar-refractivity contribution >= 4 is 39.1 Å². The highest BCUT2D eigenvalue weighted by molar-refractivity contribution is 7.92. The number of hydrogen-bond donors (Lipinski definition) is 1. The molecule has 31 heavy (non-hydrogen) atoms. The van der Waals surface area contributed by atoms with Crippen LogP contribution in [0, 0.1) is 0 Å². The number of benzene rings is 2. The number of urea groups is 1. The molecule has 7 nitrogen and oxygen atoms in total. The van der Waals surface area contributed by atoms with Crippen molar-refractivity contribution in [2.24, 2.45) is 0 Å². The summed E-state index contributed by atoms with van der Waals surface area (Å²) in [5, 5.41) is 2.91. The Bertz CT molecular complexity index is 1040. The van der Waals surface area contributed by atoms with Crippen molar-refractivity contribution in [2.45, 2.75) is 30.4 Å². The van der Waals surface area contributed by atoms with Crippen molar-refractivity contribution < 1.29 is 18.0 Å². The van der Waals surface area contributed by atoms with E-state index in [1.165, 1.54) is 12.1 Å². The maximum Gasteiger partial charge on any atom is 0.321 e. The summed E-state index contributed by atoms with van der Waals surface area (Å²) in [6.45, 7) is 5.12. The van der Waals surface area contributed by atoms with Gasteiger partial charge in [0.1, 0.15) is 0 Å². The van der Waals surface area contributed by atoms with E-state index in [0.717, 1.165) is 0 Å². The quantitative estimate of drug-likeness (QED) is 0.744. The molecule has 2 aromatic rings. The number of sulfone groups is 1. The molecule has 9 heteroatoms. The van der Waals surface area contributed by atoms with Gasteiger partial charge in [0.15, 0.2) is 9.84 Å². The van der Waals surface area contributed by atoms with Gasteiger partial charge in [-0.2, -0.15) is 0 Å². The van der Waals surface area contributed by atoms with Crippen molar-refractivity contribution in [1.82, 2.24) is 9.80 Å². The summed E-state index contributed by atoms with van der Waals surface area (Å²) in [6.07, 6.45) is 0.652. The molecule has 2 aromatic carbocycles. The van der Waals surface area contributed by atoms with Gasteiger partial charge in [0.25, 0.3) is 5.91 Å². The Morgan fingerprint density at radius 2 is 1.48 bits per heavy atom. The van der Waals surface area contributed by atoms with Crippen molar-refractivity contribution in [3.05, 3.63) is 59.1 Å². The molecule has 0 spiro atoms. The first kappa shape index (κ1) is 23.1. The Morgan fingerprint density at radius 3 is 2.10 bits per heavy atom. The summed E-state index contributed by atoms with van der Waals surface area (Å²) in [4.78, 5) is 29.0. The molecule has 1 aliphatic heterocycles. The Hall–Kier alpha value is -2.58. The van der Waals surface area contributed by atoms with E-state index in [4.69, 9.17) is 11.6 Å². The SMILES string of the molecule is CC(C)S(=O)(=O)c1ccc(C(=O)N2CCCN(C(=O)Nc3ccc(Cl)cc3)CC2)cc1.